The van der Waals surface area contributed by atoms with Crippen molar-refractivity contribution in [3.8, 4) is 0 Å². The number of nitrogens with zero attached hydrogens (tertiary/aromatic N) is 4. The molecule has 0 saturated carbocycles. The maximum Gasteiger partial charge on any atom is 0.389 e. The summed E-state index contributed by atoms with van der Waals surface area (Å²) in [5.74, 6) is -0.522. The lowest BCUT2D eigenvalue weighted by Gasteiger charge is -1.99. The van der Waals surface area contributed by atoms with Gasteiger partial charge in [0.15, 0.2) is 5.82 Å². The number of Topliss-reactive ketones (excluding diaryl/α,β-unsaturated/α-hetero) is 1. The van der Waals surface area contributed by atoms with Gasteiger partial charge in [0.1, 0.15) is 16.9 Å². The van der Waals surface area contributed by atoms with Gasteiger partial charge in [-0.05, 0) is 46.8 Å². The molecule has 0 aliphatic heterocycles. The van der Waals surface area contributed by atoms with E-state index in [1.807, 2.05) is 0 Å². The van der Waals surface area contributed by atoms with Crippen molar-refractivity contribution < 1.29 is 14.1 Å². The fourth-order valence-corrected chi connectivity index (χ4v) is 1.61. The number of halogens is 2. The number of carbonyl (C=O) groups excluding carboxylic acids is 1. The Bertz CT molecular complexity index is 656. The first-order valence-electron chi connectivity index (χ1n) is 5.75. The fraction of sp³-hybridized carbons (Fsp3) is 0.250. The quantitative estimate of drug-likeness (QED) is 0.477. The molecule has 0 aliphatic carbocycles. The number of hydrogen-bond acceptors (Lipinski definition) is 5. The van der Waals surface area contributed by atoms with E-state index in [1.165, 1.54) is 42.9 Å². The van der Waals surface area contributed by atoms with Crippen LogP contribution in [0.1, 0.15) is 19.5 Å². The van der Waals surface area contributed by atoms with Gasteiger partial charge in [-0.15, -0.1) is 0 Å². The molecule has 2 rings (SSSR count). The van der Waals surface area contributed by atoms with Crippen molar-refractivity contribution in [2.45, 2.75) is 20.4 Å². The monoisotopic (exact) mass is 358 g/mol. The van der Waals surface area contributed by atoms with Crippen LogP contribution in [0.3, 0.4) is 0 Å². The van der Waals surface area contributed by atoms with Crippen LogP contribution in [0.15, 0.2) is 29.0 Å². The molecule has 0 amide bonds. The van der Waals surface area contributed by atoms with E-state index in [9.17, 15) is 19.3 Å². The average molecular weight is 359 g/mol. The minimum absolute atomic E-state index is 0.108. The van der Waals surface area contributed by atoms with Crippen molar-refractivity contribution in [3.63, 3.8) is 0 Å². The van der Waals surface area contributed by atoms with Crippen molar-refractivity contribution in [1.82, 2.24) is 14.8 Å². The lowest BCUT2D eigenvalue weighted by atomic mass is 10.3. The molecule has 112 valence electrons. The van der Waals surface area contributed by atoms with Crippen LogP contribution in [0.2, 0.25) is 0 Å². The maximum atomic E-state index is 12.9. The molecule has 2 heterocycles. The lowest BCUT2D eigenvalue weighted by Crippen LogP contribution is -2.03. The summed E-state index contributed by atoms with van der Waals surface area (Å²) in [7, 11) is 0. The largest absolute Gasteiger partial charge is 0.389 e. The number of hydrogen-bond donors (Lipinski definition) is 0. The Balaban J connectivity index is 0.000000491. The average Bonchev–Trinajstić information content (AvgIpc) is 2.82. The van der Waals surface area contributed by atoms with E-state index in [1.54, 1.807) is 0 Å². The molecule has 0 radical (unpaired) electrons. The Morgan fingerprint density at radius 2 is 2.05 bits per heavy atom. The van der Waals surface area contributed by atoms with Gasteiger partial charge in [0.05, 0.1) is 23.1 Å². The number of pyridine rings is 1. The number of ketones is 1. The van der Waals surface area contributed by atoms with Gasteiger partial charge in [-0.1, -0.05) is 0 Å². The standard InChI is InChI=1S/C9H6BrFN4O2.C3H6O/c10-9-7(11)2-1-6(12-9)5-14-4-3-8(13-14)15(16)17;1-3(2)4/h1-4H,5H2;1-2H3. The van der Waals surface area contributed by atoms with E-state index in [0.29, 0.717) is 5.69 Å². The van der Waals surface area contributed by atoms with Crippen molar-refractivity contribution >= 4 is 27.5 Å². The third kappa shape index (κ3) is 5.78. The molecule has 21 heavy (non-hydrogen) atoms. The second-order valence-electron chi connectivity index (χ2n) is 4.11. The van der Waals surface area contributed by atoms with Gasteiger partial charge < -0.3 is 14.9 Å². The summed E-state index contributed by atoms with van der Waals surface area (Å²) in [4.78, 5) is 23.2. The van der Waals surface area contributed by atoms with E-state index in [0.717, 1.165) is 0 Å². The lowest BCUT2D eigenvalue weighted by molar-refractivity contribution is -0.389. The van der Waals surface area contributed by atoms with Gasteiger partial charge in [0.2, 0.25) is 0 Å². The number of nitro groups is 1. The zero-order valence-electron chi connectivity index (χ0n) is 11.3. The molecular formula is C12H12BrFN4O3. The highest BCUT2D eigenvalue weighted by Crippen LogP contribution is 2.13. The van der Waals surface area contributed by atoms with E-state index >= 15 is 0 Å². The highest BCUT2D eigenvalue weighted by atomic mass is 79.9. The van der Waals surface area contributed by atoms with Gasteiger partial charge in [0, 0.05) is 0 Å². The summed E-state index contributed by atoms with van der Waals surface area (Å²) in [5.41, 5.74) is 0.552. The summed E-state index contributed by atoms with van der Waals surface area (Å²) < 4.78 is 14.4. The summed E-state index contributed by atoms with van der Waals surface area (Å²) in [6.07, 6.45) is 1.47. The van der Waals surface area contributed by atoms with Crippen LogP contribution in [-0.4, -0.2) is 25.5 Å². The predicted octanol–water partition coefficient (Wildman–Crippen LogP) is 2.73. The van der Waals surface area contributed by atoms with Crippen molar-refractivity contribution in [2.75, 3.05) is 0 Å². The second kappa shape index (κ2) is 7.58. The molecule has 0 unspecified atom stereocenters. The highest BCUT2D eigenvalue weighted by molar-refractivity contribution is 9.10. The minimum Gasteiger partial charge on any atom is -0.358 e. The molecule has 0 N–H and O–H groups in total. The Kier molecular flexibility index (Phi) is 6.10. The van der Waals surface area contributed by atoms with Crippen LogP contribution < -0.4 is 0 Å². The number of rotatable bonds is 3. The molecule has 2 aromatic heterocycles. The molecule has 0 aromatic carbocycles. The zero-order valence-corrected chi connectivity index (χ0v) is 12.9. The topological polar surface area (TPSA) is 90.9 Å². The van der Waals surface area contributed by atoms with Crippen LogP contribution in [0.5, 0.6) is 0 Å². The number of aromatic nitrogens is 3. The van der Waals surface area contributed by atoms with Gasteiger partial charge in [0.25, 0.3) is 0 Å². The molecule has 2 aromatic rings. The first kappa shape index (κ1) is 16.9. The zero-order chi connectivity index (χ0) is 16.0. The first-order valence-corrected chi connectivity index (χ1v) is 6.55. The Hall–Kier alpha value is -2.16. The van der Waals surface area contributed by atoms with Crippen LogP contribution in [0.25, 0.3) is 0 Å². The third-order valence-corrected chi connectivity index (χ3v) is 2.55. The second-order valence-corrected chi connectivity index (χ2v) is 4.86. The first-order chi connectivity index (χ1) is 9.79. The molecule has 0 bridgehead atoms. The number of carbonyl (C=O) groups is 1. The minimum atomic E-state index is -0.579. The van der Waals surface area contributed by atoms with Gasteiger partial charge >= 0.3 is 5.82 Å². The molecular weight excluding hydrogens is 347 g/mol. The molecule has 0 spiro atoms. The van der Waals surface area contributed by atoms with E-state index in [-0.39, 0.29) is 22.7 Å². The van der Waals surface area contributed by atoms with Gasteiger partial charge in [-0.3, -0.25) is 0 Å². The van der Waals surface area contributed by atoms with E-state index in [4.69, 9.17) is 0 Å². The predicted molar refractivity (Wildman–Crippen MR) is 76.2 cm³/mol. The molecule has 9 heteroatoms. The maximum absolute atomic E-state index is 12.9. The van der Waals surface area contributed by atoms with Gasteiger partial charge in [-0.2, -0.15) is 4.68 Å². The molecule has 0 fully saturated rings. The third-order valence-electron chi connectivity index (χ3n) is 2.00. The van der Waals surface area contributed by atoms with Crippen molar-refractivity contribution in [1.29, 1.82) is 0 Å². The van der Waals surface area contributed by atoms with Crippen molar-refractivity contribution in [3.05, 3.63) is 50.6 Å². The summed E-state index contributed by atoms with van der Waals surface area (Å²) in [5, 5.41) is 14.1. The summed E-state index contributed by atoms with van der Waals surface area (Å²) in [6.45, 7) is 3.30. The fourth-order valence-electron chi connectivity index (χ4n) is 1.25. The van der Waals surface area contributed by atoms with Crippen LogP contribution in [0.4, 0.5) is 10.2 Å². The smallest absolute Gasteiger partial charge is 0.358 e. The Morgan fingerprint density at radius 1 is 1.43 bits per heavy atom. The van der Waals surface area contributed by atoms with Crippen LogP contribution >= 0.6 is 15.9 Å². The summed E-state index contributed by atoms with van der Waals surface area (Å²) in [6, 6.07) is 4.05. The van der Waals surface area contributed by atoms with Crippen LogP contribution in [-0.2, 0) is 11.3 Å². The highest BCUT2D eigenvalue weighted by Gasteiger charge is 2.11. The Labute approximate surface area is 128 Å². The molecule has 0 atom stereocenters. The van der Waals surface area contributed by atoms with Crippen LogP contribution in [0, 0.1) is 15.9 Å². The Morgan fingerprint density at radius 3 is 2.52 bits per heavy atom. The molecule has 0 aliphatic rings. The van der Waals surface area contributed by atoms with Crippen molar-refractivity contribution in [2.24, 2.45) is 0 Å². The van der Waals surface area contributed by atoms with E-state index < -0.39 is 10.7 Å². The van der Waals surface area contributed by atoms with Gasteiger partial charge in [-0.25, -0.2) is 9.37 Å². The summed E-state index contributed by atoms with van der Waals surface area (Å²) >= 11 is 2.96. The SMILES string of the molecule is CC(C)=O.O=[N+]([O-])c1ccn(Cc2ccc(F)c(Br)n2)n1. The van der Waals surface area contributed by atoms with E-state index in [2.05, 4.69) is 26.0 Å². The normalized spacial score (nSPS) is 9.71. The molecule has 0 saturated heterocycles. The molecule has 7 nitrogen and oxygen atoms in total.